The molecule has 0 saturated heterocycles. The molecule has 2 rings (SSSR count). The number of aromatic nitrogens is 1. The van der Waals surface area contributed by atoms with Crippen molar-refractivity contribution < 1.29 is 9.47 Å². The summed E-state index contributed by atoms with van der Waals surface area (Å²) in [6, 6.07) is 9.76. The van der Waals surface area contributed by atoms with Gasteiger partial charge in [0.05, 0.1) is 11.6 Å². The van der Waals surface area contributed by atoms with Crippen LogP contribution < -0.4 is 10.1 Å². The fraction of sp³-hybridized carbons (Fsp3) is 0.312. The van der Waals surface area contributed by atoms with E-state index >= 15 is 0 Å². The molecule has 0 unspecified atom stereocenters. The molecule has 2 aromatic rings. The van der Waals surface area contributed by atoms with E-state index < -0.39 is 0 Å². The van der Waals surface area contributed by atoms with Crippen LogP contribution in [0.5, 0.6) is 11.6 Å². The molecule has 0 aliphatic carbocycles. The average Bonchev–Trinajstić information content (AvgIpc) is 2.50. The maximum atomic E-state index is 6.08. The van der Waals surface area contributed by atoms with Gasteiger partial charge in [0.25, 0.3) is 0 Å². The fourth-order valence-electron chi connectivity index (χ4n) is 1.91. The Morgan fingerprint density at radius 3 is 2.67 bits per heavy atom. The smallest absolute Gasteiger partial charge is 0.219 e. The van der Waals surface area contributed by atoms with Gasteiger partial charge in [-0.15, -0.1) is 0 Å². The number of methoxy groups -OCH3 is 1. The molecule has 1 aromatic carbocycles. The van der Waals surface area contributed by atoms with Gasteiger partial charge in [-0.1, -0.05) is 23.7 Å². The Morgan fingerprint density at radius 1 is 1.24 bits per heavy atom. The molecule has 0 amide bonds. The summed E-state index contributed by atoms with van der Waals surface area (Å²) in [5, 5.41) is 3.69. The first-order valence-corrected chi connectivity index (χ1v) is 7.15. The Morgan fingerprint density at radius 2 is 2.00 bits per heavy atom. The number of hydrogen-bond donors (Lipinski definition) is 1. The Hall–Kier alpha value is -1.62. The highest BCUT2D eigenvalue weighted by Gasteiger charge is 2.05. The van der Waals surface area contributed by atoms with Crippen molar-refractivity contribution in [3.8, 4) is 11.6 Å². The minimum Gasteiger partial charge on any atom is -0.439 e. The number of benzene rings is 1. The Kier molecular flexibility index (Phi) is 5.99. The largest absolute Gasteiger partial charge is 0.439 e. The molecule has 5 heteroatoms. The van der Waals surface area contributed by atoms with Crippen LogP contribution in [-0.2, 0) is 17.7 Å². The number of hydrogen-bond acceptors (Lipinski definition) is 4. The predicted molar refractivity (Wildman–Crippen MR) is 84.1 cm³/mol. The zero-order chi connectivity index (χ0) is 15.1. The summed E-state index contributed by atoms with van der Waals surface area (Å²) in [5.74, 6) is 1.29. The van der Waals surface area contributed by atoms with Crippen LogP contribution in [0.25, 0.3) is 0 Å². The third-order valence-electron chi connectivity index (χ3n) is 3.02. The zero-order valence-electron chi connectivity index (χ0n) is 12.2. The molecule has 1 heterocycles. The van der Waals surface area contributed by atoms with Crippen molar-refractivity contribution >= 4 is 11.6 Å². The summed E-state index contributed by atoms with van der Waals surface area (Å²) in [6.07, 6.45) is 2.50. The van der Waals surface area contributed by atoms with Gasteiger partial charge in [-0.2, -0.15) is 0 Å². The molecule has 0 radical (unpaired) electrons. The van der Waals surface area contributed by atoms with Crippen LogP contribution in [0.1, 0.15) is 11.1 Å². The van der Waals surface area contributed by atoms with Crippen molar-refractivity contribution in [2.45, 2.75) is 13.0 Å². The van der Waals surface area contributed by atoms with E-state index in [1.165, 1.54) is 5.56 Å². The lowest BCUT2D eigenvalue weighted by Crippen LogP contribution is -2.06. The Labute approximate surface area is 130 Å². The van der Waals surface area contributed by atoms with Gasteiger partial charge in [-0.25, -0.2) is 4.98 Å². The molecule has 0 bridgehead atoms. The minimum absolute atomic E-state index is 0.536. The molecule has 0 atom stereocenters. The number of ether oxygens (including phenoxy) is 2. The Balaban J connectivity index is 2.05. The van der Waals surface area contributed by atoms with Crippen molar-refractivity contribution in [2.75, 3.05) is 20.8 Å². The van der Waals surface area contributed by atoms with E-state index in [4.69, 9.17) is 21.1 Å². The van der Waals surface area contributed by atoms with E-state index in [-0.39, 0.29) is 0 Å². The van der Waals surface area contributed by atoms with E-state index in [0.29, 0.717) is 24.1 Å². The van der Waals surface area contributed by atoms with Crippen LogP contribution in [0, 0.1) is 0 Å². The fourth-order valence-corrected chi connectivity index (χ4v) is 2.08. The van der Waals surface area contributed by atoms with E-state index in [0.717, 1.165) is 17.7 Å². The minimum atomic E-state index is 0.536. The van der Waals surface area contributed by atoms with Gasteiger partial charge < -0.3 is 14.8 Å². The average molecular weight is 307 g/mol. The molecular weight excluding hydrogens is 288 g/mol. The van der Waals surface area contributed by atoms with E-state index in [9.17, 15) is 0 Å². The van der Waals surface area contributed by atoms with Gasteiger partial charge in [0.15, 0.2) is 0 Å². The second-order valence-electron chi connectivity index (χ2n) is 4.63. The van der Waals surface area contributed by atoms with Gasteiger partial charge in [-0.3, -0.25) is 0 Å². The molecule has 21 heavy (non-hydrogen) atoms. The standard InChI is InChI=1S/C16H19ClN2O2/c1-18-10-13-9-16(19-11-15(13)17)21-14-5-3-12(4-6-14)7-8-20-2/h3-6,9,11,18H,7-8,10H2,1-2H3. The first-order chi connectivity index (χ1) is 10.2. The third-order valence-corrected chi connectivity index (χ3v) is 3.36. The number of rotatable bonds is 7. The highest BCUT2D eigenvalue weighted by atomic mass is 35.5. The van der Waals surface area contributed by atoms with Crippen molar-refractivity contribution in [1.29, 1.82) is 0 Å². The van der Waals surface area contributed by atoms with Crippen molar-refractivity contribution in [1.82, 2.24) is 10.3 Å². The second-order valence-corrected chi connectivity index (χ2v) is 5.04. The highest BCUT2D eigenvalue weighted by Crippen LogP contribution is 2.24. The van der Waals surface area contributed by atoms with Crippen molar-refractivity contribution in [2.24, 2.45) is 0 Å². The van der Waals surface area contributed by atoms with Gasteiger partial charge in [0, 0.05) is 25.9 Å². The summed E-state index contributed by atoms with van der Waals surface area (Å²) in [6.45, 7) is 1.39. The van der Waals surface area contributed by atoms with Crippen LogP contribution in [0.4, 0.5) is 0 Å². The van der Waals surface area contributed by atoms with E-state index in [1.807, 2.05) is 37.4 Å². The van der Waals surface area contributed by atoms with Crippen LogP contribution in [-0.4, -0.2) is 25.7 Å². The predicted octanol–water partition coefficient (Wildman–Crippen LogP) is 3.44. The van der Waals surface area contributed by atoms with E-state index in [2.05, 4.69) is 10.3 Å². The molecule has 0 aliphatic rings. The van der Waals surface area contributed by atoms with Crippen LogP contribution in [0.15, 0.2) is 36.5 Å². The van der Waals surface area contributed by atoms with E-state index in [1.54, 1.807) is 13.3 Å². The molecule has 1 aromatic heterocycles. The SMILES string of the molecule is CNCc1cc(Oc2ccc(CCOC)cc2)ncc1Cl. The summed E-state index contributed by atoms with van der Waals surface area (Å²) in [7, 11) is 3.57. The lowest BCUT2D eigenvalue weighted by atomic mass is 10.1. The number of nitrogens with zero attached hydrogens (tertiary/aromatic N) is 1. The maximum Gasteiger partial charge on any atom is 0.219 e. The van der Waals surface area contributed by atoms with Gasteiger partial charge >= 0.3 is 0 Å². The molecule has 0 fully saturated rings. The van der Waals surface area contributed by atoms with Crippen LogP contribution >= 0.6 is 11.6 Å². The van der Waals surface area contributed by atoms with Crippen LogP contribution in [0.2, 0.25) is 5.02 Å². The monoisotopic (exact) mass is 306 g/mol. The third kappa shape index (κ3) is 4.70. The molecule has 1 N–H and O–H groups in total. The van der Waals surface area contributed by atoms with Gasteiger partial charge in [0.1, 0.15) is 5.75 Å². The quantitative estimate of drug-likeness (QED) is 0.851. The first-order valence-electron chi connectivity index (χ1n) is 6.77. The maximum absolute atomic E-state index is 6.08. The zero-order valence-corrected chi connectivity index (χ0v) is 13.0. The molecular formula is C16H19ClN2O2. The number of pyridine rings is 1. The summed E-state index contributed by atoms with van der Waals surface area (Å²) < 4.78 is 10.8. The van der Waals surface area contributed by atoms with Crippen LogP contribution in [0.3, 0.4) is 0 Å². The summed E-state index contributed by atoms with van der Waals surface area (Å²) in [5.41, 5.74) is 2.17. The molecule has 112 valence electrons. The lowest BCUT2D eigenvalue weighted by molar-refractivity contribution is 0.202. The first kappa shape index (κ1) is 15.8. The number of nitrogens with one attached hydrogen (secondary N) is 1. The molecule has 0 saturated carbocycles. The van der Waals surface area contributed by atoms with Crippen molar-refractivity contribution in [3.05, 3.63) is 52.7 Å². The highest BCUT2D eigenvalue weighted by molar-refractivity contribution is 6.31. The number of halogens is 1. The molecule has 0 spiro atoms. The molecule has 0 aliphatic heterocycles. The second kappa shape index (κ2) is 7.98. The van der Waals surface area contributed by atoms with Gasteiger partial charge in [-0.05, 0) is 36.7 Å². The lowest BCUT2D eigenvalue weighted by Gasteiger charge is -2.09. The summed E-state index contributed by atoms with van der Waals surface area (Å²) >= 11 is 6.08. The van der Waals surface area contributed by atoms with Gasteiger partial charge in [0.2, 0.25) is 5.88 Å². The Bertz CT molecular complexity index is 573. The summed E-state index contributed by atoms with van der Waals surface area (Å²) in [4.78, 5) is 4.19. The molecule has 4 nitrogen and oxygen atoms in total. The normalized spacial score (nSPS) is 10.6. The van der Waals surface area contributed by atoms with Crippen molar-refractivity contribution in [3.63, 3.8) is 0 Å². The topological polar surface area (TPSA) is 43.4 Å².